The van der Waals surface area contributed by atoms with Crippen LogP contribution in [-0.4, -0.2) is 18.0 Å². The molecule has 0 atom stereocenters. The molecule has 1 aromatic heterocycles. The maximum atomic E-state index is 13.0. The molecule has 26 heavy (non-hydrogen) atoms. The first-order valence-electron chi connectivity index (χ1n) is 7.99. The first-order valence-corrected chi connectivity index (χ1v) is 7.99. The maximum Gasteiger partial charge on any atom is 0.257 e. The zero-order valence-electron chi connectivity index (χ0n) is 14.4. The van der Waals surface area contributed by atoms with Gasteiger partial charge in [0.2, 0.25) is 0 Å². The van der Waals surface area contributed by atoms with Gasteiger partial charge in [0.25, 0.3) is 5.91 Å². The van der Waals surface area contributed by atoms with E-state index in [2.05, 4.69) is 15.6 Å². The van der Waals surface area contributed by atoms with Gasteiger partial charge in [-0.2, -0.15) is 0 Å². The van der Waals surface area contributed by atoms with Crippen molar-refractivity contribution in [2.24, 2.45) is 0 Å². The number of hydrogen-bond acceptors (Lipinski definition) is 4. The summed E-state index contributed by atoms with van der Waals surface area (Å²) >= 11 is 0. The van der Waals surface area contributed by atoms with Gasteiger partial charge in [-0.15, -0.1) is 0 Å². The van der Waals surface area contributed by atoms with Gasteiger partial charge in [-0.25, -0.2) is 4.39 Å². The molecule has 6 heteroatoms. The highest BCUT2D eigenvalue weighted by Gasteiger charge is 2.11. The van der Waals surface area contributed by atoms with Crippen molar-refractivity contribution >= 4 is 23.0 Å². The Balaban J connectivity index is 1.78. The number of carbonyl (C=O) groups excluding carboxylic acids is 1. The molecule has 0 aliphatic carbocycles. The highest BCUT2D eigenvalue weighted by atomic mass is 19.1. The lowest BCUT2D eigenvalue weighted by Gasteiger charge is -2.12. The number of halogens is 1. The van der Waals surface area contributed by atoms with Crippen LogP contribution in [0, 0.1) is 12.7 Å². The Labute approximate surface area is 150 Å². The molecule has 132 valence electrons. The molecule has 0 saturated carbocycles. The highest BCUT2D eigenvalue weighted by Crippen LogP contribution is 2.26. The number of nitrogens with one attached hydrogen (secondary N) is 2. The Hall–Kier alpha value is -3.41. The Morgan fingerprint density at radius 2 is 1.81 bits per heavy atom. The Morgan fingerprint density at radius 1 is 1.04 bits per heavy atom. The van der Waals surface area contributed by atoms with Crippen LogP contribution in [0.5, 0.6) is 5.75 Å². The number of carbonyl (C=O) groups is 1. The first-order chi connectivity index (χ1) is 12.5. The molecular weight excluding hydrogens is 333 g/mol. The predicted molar refractivity (Wildman–Crippen MR) is 99.6 cm³/mol. The normalized spacial score (nSPS) is 10.3. The maximum absolute atomic E-state index is 13.0. The molecular formula is C20H18FN3O2. The molecule has 0 saturated heterocycles. The number of rotatable bonds is 5. The van der Waals surface area contributed by atoms with E-state index < -0.39 is 0 Å². The van der Waals surface area contributed by atoms with Gasteiger partial charge in [0, 0.05) is 11.9 Å². The highest BCUT2D eigenvalue weighted by molar-refractivity contribution is 6.05. The van der Waals surface area contributed by atoms with Gasteiger partial charge in [0.1, 0.15) is 11.6 Å². The van der Waals surface area contributed by atoms with Crippen molar-refractivity contribution in [3.63, 3.8) is 0 Å². The summed E-state index contributed by atoms with van der Waals surface area (Å²) in [5.41, 5.74) is 3.31. The standard InChI is InChI=1S/C20H18FN3O2/c1-13-3-8-19(26-2)18(9-13)24-20(25)14-10-17(12-22-11-14)23-16-6-4-15(21)5-7-16/h3-12,23H,1-2H3,(H,24,25). The van der Waals surface area contributed by atoms with Crippen molar-refractivity contribution in [2.75, 3.05) is 17.7 Å². The number of anilines is 3. The second-order valence-corrected chi connectivity index (χ2v) is 5.75. The minimum atomic E-state index is -0.311. The largest absolute Gasteiger partial charge is 0.495 e. The van der Waals surface area contributed by atoms with E-state index in [0.29, 0.717) is 28.4 Å². The summed E-state index contributed by atoms with van der Waals surface area (Å²) in [5.74, 6) is -0.0319. The van der Waals surface area contributed by atoms with E-state index in [1.807, 2.05) is 19.1 Å². The molecule has 3 rings (SSSR count). The van der Waals surface area contributed by atoms with E-state index in [0.717, 1.165) is 5.56 Å². The van der Waals surface area contributed by atoms with Crippen molar-refractivity contribution in [3.05, 3.63) is 77.9 Å². The van der Waals surface area contributed by atoms with Crippen LogP contribution in [0.25, 0.3) is 0 Å². The average Bonchev–Trinajstić information content (AvgIpc) is 2.64. The first kappa shape index (κ1) is 17.4. The number of benzene rings is 2. The summed E-state index contributed by atoms with van der Waals surface area (Å²) in [6, 6.07) is 13.2. The Morgan fingerprint density at radius 3 is 2.54 bits per heavy atom. The predicted octanol–water partition coefficient (Wildman–Crippen LogP) is 4.53. The van der Waals surface area contributed by atoms with E-state index in [1.165, 1.54) is 18.3 Å². The molecule has 1 amide bonds. The molecule has 1 heterocycles. The average molecular weight is 351 g/mol. The molecule has 0 bridgehead atoms. The molecule has 0 fully saturated rings. The van der Waals surface area contributed by atoms with Crippen molar-refractivity contribution in [1.29, 1.82) is 0 Å². The Kier molecular flexibility index (Phi) is 5.12. The van der Waals surface area contributed by atoms with Gasteiger partial charge in [-0.05, 0) is 55.0 Å². The van der Waals surface area contributed by atoms with Crippen LogP contribution >= 0.6 is 0 Å². The second kappa shape index (κ2) is 7.65. The van der Waals surface area contributed by atoms with Gasteiger partial charge < -0.3 is 15.4 Å². The summed E-state index contributed by atoms with van der Waals surface area (Å²) < 4.78 is 18.3. The Bertz CT molecular complexity index is 927. The smallest absolute Gasteiger partial charge is 0.257 e. The van der Waals surface area contributed by atoms with E-state index in [9.17, 15) is 9.18 Å². The summed E-state index contributed by atoms with van der Waals surface area (Å²) in [6.45, 7) is 1.93. The summed E-state index contributed by atoms with van der Waals surface area (Å²) in [6.07, 6.45) is 3.07. The molecule has 2 N–H and O–H groups in total. The third kappa shape index (κ3) is 4.16. The fourth-order valence-electron chi connectivity index (χ4n) is 2.45. The molecule has 5 nitrogen and oxygen atoms in total. The molecule has 0 aliphatic rings. The minimum Gasteiger partial charge on any atom is -0.495 e. The molecule has 0 aliphatic heterocycles. The van der Waals surface area contributed by atoms with E-state index in [1.54, 1.807) is 37.6 Å². The van der Waals surface area contributed by atoms with Crippen LogP contribution in [0.3, 0.4) is 0 Å². The number of nitrogens with zero attached hydrogens (tertiary/aromatic N) is 1. The van der Waals surface area contributed by atoms with Crippen LogP contribution in [-0.2, 0) is 0 Å². The van der Waals surface area contributed by atoms with Crippen molar-refractivity contribution in [1.82, 2.24) is 4.98 Å². The topological polar surface area (TPSA) is 63.2 Å². The number of ether oxygens (including phenoxy) is 1. The molecule has 2 aromatic carbocycles. The van der Waals surface area contributed by atoms with Gasteiger partial charge >= 0.3 is 0 Å². The van der Waals surface area contributed by atoms with Crippen molar-refractivity contribution < 1.29 is 13.9 Å². The van der Waals surface area contributed by atoms with Crippen LogP contribution in [0.4, 0.5) is 21.5 Å². The summed E-state index contributed by atoms with van der Waals surface area (Å²) in [4.78, 5) is 16.7. The van der Waals surface area contributed by atoms with Crippen LogP contribution < -0.4 is 15.4 Å². The number of pyridine rings is 1. The zero-order valence-corrected chi connectivity index (χ0v) is 14.4. The van der Waals surface area contributed by atoms with Crippen LogP contribution in [0.1, 0.15) is 15.9 Å². The van der Waals surface area contributed by atoms with Gasteiger partial charge in [-0.1, -0.05) is 6.07 Å². The monoisotopic (exact) mass is 351 g/mol. The number of hydrogen-bond donors (Lipinski definition) is 2. The zero-order chi connectivity index (χ0) is 18.5. The summed E-state index contributed by atoms with van der Waals surface area (Å²) in [7, 11) is 1.55. The van der Waals surface area contributed by atoms with E-state index in [4.69, 9.17) is 4.74 Å². The minimum absolute atomic E-state index is 0.302. The lowest BCUT2D eigenvalue weighted by Crippen LogP contribution is -2.13. The van der Waals surface area contributed by atoms with Gasteiger partial charge in [-0.3, -0.25) is 9.78 Å². The van der Waals surface area contributed by atoms with E-state index >= 15 is 0 Å². The molecule has 0 spiro atoms. The number of methoxy groups -OCH3 is 1. The molecule has 0 unspecified atom stereocenters. The second-order valence-electron chi connectivity index (χ2n) is 5.75. The lowest BCUT2D eigenvalue weighted by atomic mass is 10.2. The lowest BCUT2D eigenvalue weighted by molar-refractivity contribution is 0.102. The third-order valence-corrected chi connectivity index (χ3v) is 3.74. The van der Waals surface area contributed by atoms with Crippen molar-refractivity contribution in [3.8, 4) is 5.75 Å². The fourth-order valence-corrected chi connectivity index (χ4v) is 2.45. The van der Waals surface area contributed by atoms with Crippen molar-refractivity contribution in [2.45, 2.75) is 6.92 Å². The van der Waals surface area contributed by atoms with Crippen LogP contribution in [0.15, 0.2) is 60.9 Å². The SMILES string of the molecule is COc1ccc(C)cc1NC(=O)c1cncc(Nc2ccc(F)cc2)c1. The number of aromatic nitrogens is 1. The fraction of sp³-hybridized carbons (Fsp3) is 0.100. The van der Waals surface area contributed by atoms with E-state index in [-0.39, 0.29) is 11.7 Å². The quantitative estimate of drug-likeness (QED) is 0.709. The third-order valence-electron chi connectivity index (χ3n) is 3.74. The van der Waals surface area contributed by atoms with Gasteiger partial charge in [0.15, 0.2) is 0 Å². The van der Waals surface area contributed by atoms with Crippen LogP contribution in [0.2, 0.25) is 0 Å². The summed E-state index contributed by atoms with van der Waals surface area (Å²) in [5, 5.41) is 5.92. The number of aryl methyl sites for hydroxylation is 1. The molecule has 0 radical (unpaired) electrons. The van der Waals surface area contributed by atoms with Gasteiger partial charge in [0.05, 0.1) is 30.2 Å². The molecule has 3 aromatic rings. The number of amides is 1.